The van der Waals surface area contributed by atoms with E-state index in [1.807, 2.05) is 6.26 Å². The Hall–Kier alpha value is 0.377. The quantitative estimate of drug-likeness (QED) is 0.393. The van der Waals surface area contributed by atoms with Crippen molar-refractivity contribution in [2.45, 2.75) is 108 Å². The van der Waals surface area contributed by atoms with Crippen LogP contribution < -0.4 is 0 Å². The lowest BCUT2D eigenvalue weighted by atomic mass is 9.54. The molecule has 0 aromatic carbocycles. The van der Waals surface area contributed by atoms with Crippen LogP contribution in [0.2, 0.25) is 18.1 Å². The average Bonchev–Trinajstić information content (AvgIpc) is 2.70. The van der Waals surface area contributed by atoms with Crippen LogP contribution in [0, 0.1) is 17.8 Å². The molecule has 0 heterocycles. The number of hydrogen-bond donors (Lipinski definition) is 1. The number of hydrogen-bond acceptors (Lipinski definition) is 5. The van der Waals surface area contributed by atoms with E-state index in [0.717, 1.165) is 44.9 Å². The van der Waals surface area contributed by atoms with Crippen LogP contribution in [0.25, 0.3) is 0 Å². The summed E-state index contributed by atoms with van der Waals surface area (Å²) in [4.78, 5) is 0. The van der Waals surface area contributed by atoms with Crippen LogP contribution >= 0.6 is 24.0 Å². The van der Waals surface area contributed by atoms with E-state index in [-0.39, 0.29) is 18.1 Å². The second kappa shape index (κ2) is 9.67. The zero-order valence-corrected chi connectivity index (χ0v) is 20.9. The molecule has 3 aliphatic carbocycles. The first-order chi connectivity index (χ1) is 13.4. The van der Waals surface area contributed by atoms with Gasteiger partial charge in [-0.1, -0.05) is 39.0 Å². The minimum absolute atomic E-state index is 0.210. The predicted octanol–water partition coefficient (Wildman–Crippen LogP) is 6.15. The second-order valence-electron chi connectivity index (χ2n) is 9.35. The Balaban J connectivity index is 1.86. The fourth-order valence-electron chi connectivity index (χ4n) is 6.54. The molecule has 3 rings (SSSR count). The molecule has 0 unspecified atom stereocenters. The van der Waals surface area contributed by atoms with Crippen LogP contribution in [0.4, 0.5) is 0 Å². The lowest BCUT2D eigenvalue weighted by Crippen LogP contribution is -2.61. The van der Waals surface area contributed by atoms with Gasteiger partial charge < -0.3 is 14.3 Å². The summed E-state index contributed by atoms with van der Waals surface area (Å²) in [5.41, 5.74) is -0.522. The first kappa shape index (κ1) is 23.0. The van der Waals surface area contributed by atoms with Crippen LogP contribution in [-0.2, 0) is 9.16 Å². The van der Waals surface area contributed by atoms with Gasteiger partial charge >= 0.3 is 0 Å². The van der Waals surface area contributed by atoms with E-state index >= 15 is 0 Å². The average molecular weight is 445 g/mol. The molecule has 0 aromatic heterocycles. The van der Waals surface area contributed by atoms with Gasteiger partial charge in [-0.05, 0) is 93.4 Å². The number of ether oxygens (including phenoxy) is 1. The molecule has 0 spiro atoms. The fourth-order valence-corrected chi connectivity index (χ4v) is 9.82. The van der Waals surface area contributed by atoms with Crippen LogP contribution in [-0.4, -0.2) is 41.9 Å². The molecule has 162 valence electrons. The molecule has 0 aromatic rings. The summed E-state index contributed by atoms with van der Waals surface area (Å²) in [7, 11) is -1.69. The molecule has 28 heavy (non-hydrogen) atoms. The van der Waals surface area contributed by atoms with Crippen molar-refractivity contribution in [1.29, 1.82) is 0 Å². The Bertz CT molecular complexity index is 534. The minimum Gasteiger partial charge on any atom is -0.475 e. The molecule has 3 saturated carbocycles. The molecule has 0 saturated heterocycles. The molecular formula is C22H40O3S2Si. The monoisotopic (exact) mass is 444 g/mol. The van der Waals surface area contributed by atoms with Gasteiger partial charge in [0.1, 0.15) is 6.10 Å². The van der Waals surface area contributed by atoms with Crippen molar-refractivity contribution in [3.8, 4) is 0 Å². The van der Waals surface area contributed by atoms with Crippen molar-refractivity contribution in [3.63, 3.8) is 0 Å². The highest BCUT2D eigenvalue weighted by atomic mass is 32.2. The Kier molecular flexibility index (Phi) is 7.96. The van der Waals surface area contributed by atoms with Gasteiger partial charge in [0.2, 0.25) is 4.38 Å². The summed E-state index contributed by atoms with van der Waals surface area (Å²) in [6, 6.07) is 3.55. The maximum absolute atomic E-state index is 12.0. The molecule has 6 atom stereocenters. The Morgan fingerprint density at radius 3 is 2.43 bits per heavy atom. The zero-order chi connectivity index (χ0) is 20.4. The third kappa shape index (κ3) is 4.51. The predicted molar refractivity (Wildman–Crippen MR) is 125 cm³/mol. The van der Waals surface area contributed by atoms with Gasteiger partial charge in [0, 0.05) is 5.92 Å². The van der Waals surface area contributed by atoms with Crippen molar-refractivity contribution in [1.82, 2.24) is 0 Å². The SMILES string of the molecule is CC[Si](CC)(CC)O[C@H]1CC[C@H]2CC[C@H](OC(=S)SC)C[C@@H]3CCC[C@@]2(O)[C@@H]31. The number of rotatable bonds is 6. The third-order valence-corrected chi connectivity index (χ3v) is 14.0. The van der Waals surface area contributed by atoms with Crippen LogP contribution in [0.15, 0.2) is 0 Å². The molecule has 0 radical (unpaired) electrons. The zero-order valence-electron chi connectivity index (χ0n) is 18.2. The van der Waals surface area contributed by atoms with Gasteiger partial charge in [-0.25, -0.2) is 0 Å². The van der Waals surface area contributed by atoms with Gasteiger partial charge in [-0.15, -0.1) is 0 Å². The van der Waals surface area contributed by atoms with E-state index in [1.165, 1.54) is 36.3 Å². The van der Waals surface area contributed by atoms with E-state index in [4.69, 9.17) is 21.4 Å². The lowest BCUT2D eigenvalue weighted by molar-refractivity contribution is -0.189. The van der Waals surface area contributed by atoms with E-state index in [9.17, 15) is 5.11 Å². The first-order valence-electron chi connectivity index (χ1n) is 11.6. The van der Waals surface area contributed by atoms with Crippen molar-refractivity contribution in [2.24, 2.45) is 17.8 Å². The van der Waals surface area contributed by atoms with E-state index in [1.54, 1.807) is 0 Å². The molecule has 6 heteroatoms. The first-order valence-corrected chi connectivity index (χ1v) is 15.7. The van der Waals surface area contributed by atoms with Gasteiger partial charge in [-0.3, -0.25) is 0 Å². The van der Waals surface area contributed by atoms with E-state index in [0.29, 0.717) is 16.2 Å². The molecule has 3 fully saturated rings. The topological polar surface area (TPSA) is 38.7 Å². The number of thioether (sulfide) groups is 1. The van der Waals surface area contributed by atoms with Crippen molar-refractivity contribution >= 4 is 36.7 Å². The summed E-state index contributed by atoms with van der Waals surface area (Å²) < 4.78 is 13.9. The van der Waals surface area contributed by atoms with E-state index < -0.39 is 13.9 Å². The van der Waals surface area contributed by atoms with Crippen LogP contribution in [0.1, 0.15) is 72.1 Å². The number of aliphatic hydroxyl groups is 1. The summed E-state index contributed by atoms with van der Waals surface area (Å²) in [5, 5.41) is 12.0. The summed E-state index contributed by atoms with van der Waals surface area (Å²) in [5.74, 6) is 1.18. The minimum atomic E-state index is -1.69. The Labute approximate surface area is 182 Å². The summed E-state index contributed by atoms with van der Waals surface area (Å²) in [6.45, 7) is 6.93. The molecule has 0 aliphatic heterocycles. The van der Waals surface area contributed by atoms with Gasteiger partial charge in [0.25, 0.3) is 0 Å². The van der Waals surface area contributed by atoms with Crippen LogP contribution in [0.3, 0.4) is 0 Å². The van der Waals surface area contributed by atoms with Gasteiger partial charge in [0.15, 0.2) is 8.32 Å². The highest BCUT2D eigenvalue weighted by Crippen LogP contribution is 2.55. The van der Waals surface area contributed by atoms with Gasteiger partial charge in [0.05, 0.1) is 11.7 Å². The number of thiocarbonyl (C=S) groups is 1. The van der Waals surface area contributed by atoms with Crippen molar-refractivity contribution in [2.75, 3.05) is 6.26 Å². The maximum atomic E-state index is 12.0. The summed E-state index contributed by atoms with van der Waals surface area (Å²) in [6.07, 6.45) is 11.1. The molecule has 3 nitrogen and oxygen atoms in total. The largest absolute Gasteiger partial charge is 0.475 e. The highest BCUT2D eigenvalue weighted by molar-refractivity contribution is 8.22. The molecule has 4 bridgehead atoms. The second-order valence-corrected chi connectivity index (χ2v) is 15.5. The van der Waals surface area contributed by atoms with Crippen molar-refractivity contribution in [3.05, 3.63) is 0 Å². The smallest absolute Gasteiger partial charge is 0.219 e. The molecule has 1 N–H and O–H groups in total. The summed E-state index contributed by atoms with van der Waals surface area (Å²) >= 11 is 6.90. The Morgan fingerprint density at radius 1 is 1.11 bits per heavy atom. The van der Waals surface area contributed by atoms with Crippen LogP contribution in [0.5, 0.6) is 0 Å². The molecule has 3 aliphatic rings. The maximum Gasteiger partial charge on any atom is 0.219 e. The standard InChI is InChI=1S/C22H40O3S2Si/c1-5-28(6-2,7-3)25-19-13-11-17-10-12-18(24-21(26)27-4)15-16-9-8-14-22(17,23)20(16)19/h16-20,23H,5-15H2,1-4H3/t16-,17+,18-,19-,20-,22-/m0/s1. The fraction of sp³-hybridized carbons (Fsp3) is 0.955. The van der Waals surface area contributed by atoms with Crippen molar-refractivity contribution < 1.29 is 14.3 Å². The highest BCUT2D eigenvalue weighted by Gasteiger charge is 2.57. The molecular weight excluding hydrogens is 404 g/mol. The molecule has 0 amide bonds. The van der Waals surface area contributed by atoms with Gasteiger partial charge in [-0.2, -0.15) is 0 Å². The normalized spacial score (nSPS) is 38.4. The lowest BCUT2D eigenvalue weighted by Gasteiger charge is -2.58. The Morgan fingerprint density at radius 2 is 1.79 bits per heavy atom. The third-order valence-electron chi connectivity index (χ3n) is 8.31. The van der Waals surface area contributed by atoms with E-state index in [2.05, 4.69) is 20.8 Å².